The van der Waals surface area contributed by atoms with Crippen molar-refractivity contribution >= 4 is 43.8 Å². The summed E-state index contributed by atoms with van der Waals surface area (Å²) in [5.74, 6) is 1.01. The molecule has 8 aromatic rings. The number of anilines is 1. The highest BCUT2D eigenvalue weighted by Crippen LogP contribution is 2.44. The predicted molar refractivity (Wildman–Crippen MR) is 217 cm³/mol. The highest BCUT2D eigenvalue weighted by atomic mass is 15.3. The van der Waals surface area contributed by atoms with E-state index in [1.807, 2.05) is 0 Å². The molecule has 0 fully saturated rings. The molecule has 10 rings (SSSR count). The van der Waals surface area contributed by atoms with Crippen LogP contribution in [0.2, 0.25) is 0 Å². The first-order valence-corrected chi connectivity index (χ1v) is 17.7. The quantitative estimate of drug-likeness (QED) is 0.169. The van der Waals surface area contributed by atoms with Crippen LogP contribution >= 0.6 is 0 Å². The van der Waals surface area contributed by atoms with E-state index in [1.54, 1.807) is 0 Å². The molecule has 8 aromatic carbocycles. The number of hydrogen-bond acceptors (Lipinski definition) is 2. The molecule has 240 valence electrons. The van der Waals surface area contributed by atoms with Gasteiger partial charge in [0, 0.05) is 11.3 Å². The summed E-state index contributed by atoms with van der Waals surface area (Å²) in [6, 6.07) is 62.0. The van der Waals surface area contributed by atoms with Crippen LogP contribution in [0.5, 0.6) is 0 Å². The number of amidine groups is 1. The van der Waals surface area contributed by atoms with E-state index < -0.39 is 0 Å². The molecule has 1 heterocycles. The number of hydrogen-bond donors (Lipinski definition) is 0. The molecule has 0 saturated carbocycles. The van der Waals surface area contributed by atoms with Crippen molar-refractivity contribution in [2.75, 3.05) is 4.90 Å². The Morgan fingerprint density at radius 3 is 1.51 bits per heavy atom. The summed E-state index contributed by atoms with van der Waals surface area (Å²) >= 11 is 0. The van der Waals surface area contributed by atoms with Crippen molar-refractivity contribution in [2.45, 2.75) is 12.1 Å². The minimum absolute atomic E-state index is 0.0818. The molecule has 51 heavy (non-hydrogen) atoms. The monoisotopic (exact) mass is 650 g/mol. The van der Waals surface area contributed by atoms with Crippen molar-refractivity contribution in [1.82, 2.24) is 0 Å². The molecule has 2 heteroatoms. The number of fused-ring (bicyclic) bond motifs is 4. The largest absolute Gasteiger partial charge is 0.317 e. The standard InChI is InChI=1S/C49H34N2/c1-2-12-33(13-3-1)35-22-24-36(25-23-35)47-41-16-6-8-18-43(41)48(44-19-9-7-17-42(44)47)37-26-28-38(29-27-37)49-50-45-20-10-11-21-46(45)51(49)40-31-30-34-14-4-5-15-39(34)32-40/h1-32,45-46H. The number of aliphatic imine (C=N–C) groups is 1. The predicted octanol–water partition coefficient (Wildman–Crippen LogP) is 12.3. The maximum Gasteiger partial charge on any atom is 0.136 e. The molecule has 0 aromatic heterocycles. The van der Waals surface area contributed by atoms with E-state index in [1.165, 1.54) is 65.7 Å². The Labute approximate surface area is 298 Å². The van der Waals surface area contributed by atoms with Crippen molar-refractivity contribution in [3.8, 4) is 33.4 Å². The summed E-state index contributed by atoms with van der Waals surface area (Å²) in [7, 11) is 0. The molecule has 2 nitrogen and oxygen atoms in total. The van der Waals surface area contributed by atoms with E-state index in [2.05, 4.69) is 199 Å². The van der Waals surface area contributed by atoms with Crippen LogP contribution in [0.3, 0.4) is 0 Å². The highest BCUT2D eigenvalue weighted by Gasteiger charge is 2.35. The highest BCUT2D eigenvalue weighted by molar-refractivity contribution is 6.21. The van der Waals surface area contributed by atoms with E-state index in [0.717, 1.165) is 17.1 Å². The first-order valence-electron chi connectivity index (χ1n) is 17.7. The Morgan fingerprint density at radius 2 is 0.882 bits per heavy atom. The Hall–Kier alpha value is -6.51. The maximum absolute atomic E-state index is 5.30. The van der Waals surface area contributed by atoms with Crippen LogP contribution < -0.4 is 4.90 Å². The zero-order chi connectivity index (χ0) is 33.7. The van der Waals surface area contributed by atoms with Gasteiger partial charge in [0.1, 0.15) is 5.84 Å². The molecule has 1 aliphatic heterocycles. The van der Waals surface area contributed by atoms with Gasteiger partial charge in [-0.25, -0.2) is 0 Å². The molecule has 0 N–H and O–H groups in total. The summed E-state index contributed by atoms with van der Waals surface area (Å²) in [5.41, 5.74) is 9.69. The van der Waals surface area contributed by atoms with Crippen molar-refractivity contribution in [3.05, 3.63) is 200 Å². The molecule has 2 atom stereocenters. The van der Waals surface area contributed by atoms with Gasteiger partial charge in [0.15, 0.2) is 0 Å². The van der Waals surface area contributed by atoms with Crippen LogP contribution in [0.25, 0.3) is 65.7 Å². The van der Waals surface area contributed by atoms with Gasteiger partial charge in [0.05, 0.1) is 12.1 Å². The third-order valence-corrected chi connectivity index (χ3v) is 10.5. The van der Waals surface area contributed by atoms with Crippen molar-refractivity contribution in [3.63, 3.8) is 0 Å². The van der Waals surface area contributed by atoms with Crippen molar-refractivity contribution in [1.29, 1.82) is 0 Å². The Kier molecular flexibility index (Phi) is 6.99. The lowest BCUT2D eigenvalue weighted by atomic mass is 9.85. The van der Waals surface area contributed by atoms with E-state index in [4.69, 9.17) is 4.99 Å². The Balaban J connectivity index is 1.08. The third kappa shape index (κ3) is 4.99. The molecule has 1 aliphatic carbocycles. The normalized spacial score (nSPS) is 16.5. The lowest BCUT2D eigenvalue weighted by Gasteiger charge is -2.29. The fourth-order valence-electron chi connectivity index (χ4n) is 8.12. The van der Waals surface area contributed by atoms with E-state index >= 15 is 0 Å². The van der Waals surface area contributed by atoms with Crippen LogP contribution in [0.4, 0.5) is 5.69 Å². The topological polar surface area (TPSA) is 15.6 Å². The molecular weight excluding hydrogens is 617 g/mol. The summed E-state index contributed by atoms with van der Waals surface area (Å²) < 4.78 is 0. The number of nitrogens with zero attached hydrogens (tertiary/aromatic N) is 2. The van der Waals surface area contributed by atoms with Crippen LogP contribution in [-0.4, -0.2) is 17.9 Å². The number of allylic oxidation sites excluding steroid dienone is 2. The minimum Gasteiger partial charge on any atom is -0.317 e. The summed E-state index contributed by atoms with van der Waals surface area (Å²) in [6.45, 7) is 0. The lowest BCUT2D eigenvalue weighted by molar-refractivity contribution is 0.739. The van der Waals surface area contributed by atoms with Gasteiger partial charge >= 0.3 is 0 Å². The smallest absolute Gasteiger partial charge is 0.136 e. The fraction of sp³-hybridized carbons (Fsp3) is 0.0408. The van der Waals surface area contributed by atoms with Gasteiger partial charge in [0.2, 0.25) is 0 Å². The van der Waals surface area contributed by atoms with Gasteiger partial charge in [0.25, 0.3) is 0 Å². The van der Waals surface area contributed by atoms with E-state index in [0.29, 0.717) is 0 Å². The number of rotatable bonds is 5. The summed E-state index contributed by atoms with van der Waals surface area (Å²) in [4.78, 5) is 7.71. The van der Waals surface area contributed by atoms with E-state index in [9.17, 15) is 0 Å². The Bertz CT molecular complexity index is 2630. The van der Waals surface area contributed by atoms with Gasteiger partial charge in [-0.2, -0.15) is 0 Å². The summed E-state index contributed by atoms with van der Waals surface area (Å²) in [6.07, 6.45) is 8.76. The molecule has 0 bridgehead atoms. The molecule has 2 unspecified atom stereocenters. The van der Waals surface area contributed by atoms with Crippen LogP contribution in [0.1, 0.15) is 5.56 Å². The SMILES string of the molecule is C1=CC2N=C(c3ccc(-c4c5ccccc5c(-c5ccc(-c6ccccc6)cc5)c5ccccc45)cc3)N(c3ccc4ccccc4c3)C2C=C1. The van der Waals surface area contributed by atoms with Gasteiger partial charge in [-0.1, -0.05) is 182 Å². The van der Waals surface area contributed by atoms with Gasteiger partial charge < -0.3 is 4.90 Å². The minimum atomic E-state index is 0.0818. The summed E-state index contributed by atoms with van der Waals surface area (Å²) in [5, 5.41) is 7.50. The molecule has 0 saturated heterocycles. The van der Waals surface area contributed by atoms with Crippen LogP contribution in [0, 0.1) is 0 Å². The zero-order valence-electron chi connectivity index (χ0n) is 28.0. The van der Waals surface area contributed by atoms with Crippen LogP contribution in [-0.2, 0) is 0 Å². The molecule has 0 spiro atoms. The van der Waals surface area contributed by atoms with Gasteiger partial charge in [-0.3, -0.25) is 4.99 Å². The van der Waals surface area contributed by atoms with Crippen LogP contribution in [0.15, 0.2) is 199 Å². The van der Waals surface area contributed by atoms with Crippen molar-refractivity contribution in [2.24, 2.45) is 4.99 Å². The average molecular weight is 651 g/mol. The molecule has 0 radical (unpaired) electrons. The average Bonchev–Trinajstić information content (AvgIpc) is 3.60. The molecule has 2 aliphatic rings. The fourth-order valence-corrected chi connectivity index (χ4v) is 8.12. The molecule has 0 amide bonds. The molecular formula is C49H34N2. The second-order valence-corrected chi connectivity index (χ2v) is 13.5. The zero-order valence-corrected chi connectivity index (χ0v) is 28.0. The Morgan fingerprint density at radius 1 is 0.392 bits per heavy atom. The van der Waals surface area contributed by atoms with E-state index in [-0.39, 0.29) is 12.1 Å². The second-order valence-electron chi connectivity index (χ2n) is 13.5. The second kappa shape index (κ2) is 12.1. The van der Waals surface area contributed by atoms with Crippen molar-refractivity contribution < 1.29 is 0 Å². The van der Waals surface area contributed by atoms with Gasteiger partial charge in [-0.15, -0.1) is 0 Å². The lowest BCUT2D eigenvalue weighted by Crippen LogP contribution is -2.39. The number of benzene rings is 8. The first kappa shape index (κ1) is 29.4. The first-order chi connectivity index (χ1) is 25.3. The maximum atomic E-state index is 5.30. The van der Waals surface area contributed by atoms with Gasteiger partial charge in [-0.05, 0) is 77.8 Å². The third-order valence-electron chi connectivity index (χ3n) is 10.5.